The van der Waals surface area contributed by atoms with Crippen LogP contribution in [-0.2, 0) is 30.5 Å². The largest absolute Gasteiger partial charge is 0.380 e. The lowest BCUT2D eigenvalue weighted by molar-refractivity contribution is -0.139. The fourth-order valence-electron chi connectivity index (χ4n) is 8.60. The van der Waals surface area contributed by atoms with Crippen molar-refractivity contribution in [3.63, 3.8) is 0 Å². The first-order chi connectivity index (χ1) is 33.9. The number of H-pyrrole nitrogens is 1. The predicted molar refractivity (Wildman–Crippen MR) is 307 cm³/mol. The van der Waals surface area contributed by atoms with E-state index in [4.69, 9.17) is 0 Å². The van der Waals surface area contributed by atoms with Crippen molar-refractivity contribution in [2.45, 2.75) is 138 Å². The molecule has 1 aliphatic heterocycles. The highest BCUT2D eigenvalue weighted by molar-refractivity contribution is 8.00. The number of carbonyl (C=O) groups excluding carboxylic acids is 3. The molecule has 3 amide bonds. The Balaban J connectivity index is 0.000000756. The third-order valence-corrected chi connectivity index (χ3v) is 14.9. The van der Waals surface area contributed by atoms with E-state index in [1.807, 2.05) is 99.6 Å². The number of aryl methyl sites for hydroxylation is 1. The van der Waals surface area contributed by atoms with Gasteiger partial charge in [0.2, 0.25) is 11.8 Å². The van der Waals surface area contributed by atoms with Crippen LogP contribution in [0.2, 0.25) is 0 Å². The minimum Gasteiger partial charge on any atom is -0.380 e. The molecule has 6 rings (SSSR count). The van der Waals surface area contributed by atoms with Crippen LogP contribution < -0.4 is 20.8 Å². The first kappa shape index (κ1) is 63.7. The number of amides is 3. The predicted octanol–water partition coefficient (Wildman–Crippen LogP) is 11.3. The Bertz CT molecular complexity index is 2520. The number of allylic oxidation sites excluding steroid dienone is 1. The van der Waals surface area contributed by atoms with Crippen LogP contribution in [0.4, 0.5) is 0 Å². The Morgan fingerprint density at radius 2 is 1.42 bits per heavy atom. The maximum atomic E-state index is 14.2. The van der Waals surface area contributed by atoms with E-state index in [-0.39, 0.29) is 41.0 Å². The SMILES string of the molecule is C#C.C#C.C=C.C=C(CC(C)(C)C)NCC(=O)N1CCC[C@H]1C(=O)NC(C(=O)NS(=C)(=O)C(C)(CC)Cc1ccccc1)C(C(C)C)C1CC1.CC(C)C.Cc1ccc2c(=O)cc(-c3ccccc3)[nH]c2c1. The van der Waals surface area contributed by atoms with E-state index < -0.39 is 32.4 Å². The molecule has 4 aromatic rings. The fraction of sp³-hybridized carbons (Fsp3) is 0.459. The van der Waals surface area contributed by atoms with Crippen LogP contribution in [0.15, 0.2) is 115 Å². The number of fused-ring (bicyclic) bond motifs is 1. The zero-order valence-corrected chi connectivity index (χ0v) is 46.3. The quantitative estimate of drug-likeness (QED) is 0.0501. The summed E-state index contributed by atoms with van der Waals surface area (Å²) in [5.74, 6) is 4.21. The van der Waals surface area contributed by atoms with Gasteiger partial charge in [0.25, 0.3) is 5.91 Å². The van der Waals surface area contributed by atoms with Crippen molar-refractivity contribution in [3.8, 4) is 37.0 Å². The Morgan fingerprint density at radius 1 is 0.861 bits per heavy atom. The van der Waals surface area contributed by atoms with Crippen molar-refractivity contribution < 1.29 is 18.6 Å². The Labute approximate surface area is 434 Å². The van der Waals surface area contributed by atoms with Crippen LogP contribution in [-0.4, -0.2) is 67.6 Å². The van der Waals surface area contributed by atoms with E-state index in [0.717, 1.165) is 64.2 Å². The number of benzene rings is 3. The molecule has 0 bridgehead atoms. The highest BCUT2D eigenvalue weighted by atomic mass is 32.2. The summed E-state index contributed by atoms with van der Waals surface area (Å²) in [6, 6.07) is 25.6. The second kappa shape index (κ2) is 30.6. The first-order valence-electron chi connectivity index (χ1n) is 25.0. The van der Waals surface area contributed by atoms with Crippen LogP contribution >= 0.6 is 0 Å². The number of carbonyl (C=O) groups is 3. The van der Waals surface area contributed by atoms with Crippen LogP contribution in [0.5, 0.6) is 0 Å². The van der Waals surface area contributed by atoms with Crippen LogP contribution in [0.25, 0.3) is 22.2 Å². The van der Waals surface area contributed by atoms with Gasteiger partial charge >= 0.3 is 0 Å². The van der Waals surface area contributed by atoms with Gasteiger partial charge < -0.3 is 20.5 Å². The molecule has 2 aliphatic rings. The average Bonchev–Trinajstić information content (AvgIpc) is 4.04. The van der Waals surface area contributed by atoms with Gasteiger partial charge in [-0.05, 0) is 123 Å². The van der Waals surface area contributed by atoms with Gasteiger partial charge in [-0.25, -0.2) is 4.21 Å². The van der Waals surface area contributed by atoms with Crippen molar-refractivity contribution >= 4 is 44.2 Å². The van der Waals surface area contributed by atoms with Gasteiger partial charge in [0, 0.05) is 34.9 Å². The molecule has 5 atom stereocenters. The van der Waals surface area contributed by atoms with Crippen molar-refractivity contribution in [2.24, 2.45) is 29.1 Å². The summed E-state index contributed by atoms with van der Waals surface area (Å²) in [6.07, 6.45) is 21.0. The van der Waals surface area contributed by atoms with E-state index in [2.05, 4.69) is 127 Å². The number of pyridine rings is 1. The Kier molecular flexibility index (Phi) is 27.0. The maximum absolute atomic E-state index is 14.2. The van der Waals surface area contributed by atoms with Crippen LogP contribution in [0, 0.1) is 61.7 Å². The number of nitrogens with one attached hydrogen (secondary N) is 4. The zero-order chi connectivity index (χ0) is 55.0. The molecule has 4 N–H and O–H groups in total. The third kappa shape index (κ3) is 20.1. The summed E-state index contributed by atoms with van der Waals surface area (Å²) in [4.78, 5) is 58.1. The number of terminal acetylenes is 2. The van der Waals surface area contributed by atoms with Gasteiger partial charge in [0.1, 0.15) is 12.1 Å². The number of rotatable bonds is 16. The molecule has 2 fully saturated rings. The summed E-state index contributed by atoms with van der Waals surface area (Å²) in [6.45, 7) is 33.4. The van der Waals surface area contributed by atoms with Crippen molar-refractivity contribution in [2.75, 3.05) is 13.1 Å². The van der Waals surface area contributed by atoms with E-state index in [0.29, 0.717) is 38.1 Å². The lowest BCUT2D eigenvalue weighted by Crippen LogP contribution is -2.59. The summed E-state index contributed by atoms with van der Waals surface area (Å²) >= 11 is 0. The minimum absolute atomic E-state index is 0.0425. The number of hydrogen-bond donors (Lipinski definition) is 4. The van der Waals surface area contributed by atoms with Gasteiger partial charge in [0.05, 0.1) is 21.0 Å². The second-order valence-corrected chi connectivity index (χ2v) is 23.4. The average molecular weight is 1000 g/mol. The minimum atomic E-state index is -3.12. The molecule has 11 heteroatoms. The van der Waals surface area contributed by atoms with Crippen molar-refractivity contribution in [3.05, 3.63) is 132 Å². The molecular formula is C61H87N5O5S. The van der Waals surface area contributed by atoms with Gasteiger partial charge in [-0.2, -0.15) is 0 Å². The molecule has 1 aromatic heterocycles. The molecule has 2 heterocycles. The topological polar surface area (TPSA) is 140 Å². The Hall–Kier alpha value is -6.30. The third-order valence-electron chi connectivity index (χ3n) is 12.3. The number of likely N-dealkylation sites (tertiary alicyclic amines) is 1. The summed E-state index contributed by atoms with van der Waals surface area (Å²) in [5.41, 5.74) is 5.83. The van der Waals surface area contributed by atoms with Crippen molar-refractivity contribution in [1.82, 2.24) is 25.2 Å². The van der Waals surface area contributed by atoms with Gasteiger partial charge in [0.15, 0.2) is 5.43 Å². The first-order valence-corrected chi connectivity index (χ1v) is 26.8. The van der Waals surface area contributed by atoms with Crippen LogP contribution in [0.1, 0.15) is 119 Å². The smallest absolute Gasteiger partial charge is 0.254 e. The zero-order valence-electron chi connectivity index (χ0n) is 45.4. The number of aromatic amines is 1. The highest BCUT2D eigenvalue weighted by Gasteiger charge is 2.45. The molecule has 3 aromatic carbocycles. The van der Waals surface area contributed by atoms with E-state index in [1.165, 1.54) is 0 Å². The van der Waals surface area contributed by atoms with Crippen LogP contribution in [0.3, 0.4) is 0 Å². The molecule has 1 aliphatic carbocycles. The number of hydrogen-bond acceptors (Lipinski definition) is 6. The number of nitrogens with zero attached hydrogens (tertiary/aromatic N) is 1. The van der Waals surface area contributed by atoms with Gasteiger partial charge in [-0.1, -0.05) is 136 Å². The van der Waals surface area contributed by atoms with Gasteiger partial charge in [-0.3, -0.25) is 23.9 Å². The molecule has 72 heavy (non-hydrogen) atoms. The van der Waals surface area contributed by atoms with E-state index >= 15 is 0 Å². The molecule has 392 valence electrons. The molecule has 1 saturated heterocycles. The lowest BCUT2D eigenvalue weighted by atomic mass is 9.83. The molecule has 0 spiro atoms. The van der Waals surface area contributed by atoms with Gasteiger partial charge in [-0.15, -0.1) is 38.9 Å². The van der Waals surface area contributed by atoms with Crippen molar-refractivity contribution in [1.29, 1.82) is 0 Å². The standard InChI is InChI=1S/C35H56N4O4S.C16H13NO.C4H10.C2H4.2C2H2/c1-10-35(8,22-26-15-12-11-13-16-26)44(9,43)38-33(42)31(30(24(2)3)27-18-19-27)37-32(41)28-17-14-20-39(28)29(40)23-36-25(4)21-34(5,6)7;1-11-7-8-13-15(9-11)17-14(10-16(13)18)12-5-3-2-4-6-12;1-4(2)3;3*1-2/h11-13,15-16,24,27-28,30-31,36H,4,9-10,14,17-23H2,1-3,5-8H3,(H,37,41)(H,38,42,43);2-10H,1H3,(H,17,18);4H,1-3H3;1-2H2;2*1-2H/t28-,30?,31?,35?,44?;;;;;/m0...../s1. The fourth-order valence-corrected chi connectivity index (χ4v) is 10.2. The molecule has 0 radical (unpaired) electrons. The molecule has 10 nitrogen and oxygen atoms in total. The lowest BCUT2D eigenvalue weighted by Gasteiger charge is -2.36. The Morgan fingerprint density at radius 3 is 1.93 bits per heavy atom. The van der Waals surface area contributed by atoms with E-state index in [9.17, 15) is 23.4 Å². The number of aromatic nitrogens is 1. The summed E-state index contributed by atoms with van der Waals surface area (Å²) in [5, 5.41) is 6.92. The normalized spacial score (nSPS) is 16.2. The second-order valence-electron chi connectivity index (χ2n) is 20.9. The molecular weight excluding hydrogens is 915 g/mol. The monoisotopic (exact) mass is 1000 g/mol. The van der Waals surface area contributed by atoms with E-state index in [1.54, 1.807) is 11.0 Å². The molecule has 4 unspecified atom stereocenters. The highest BCUT2D eigenvalue weighted by Crippen LogP contribution is 2.43. The summed E-state index contributed by atoms with van der Waals surface area (Å²) in [7, 11) is -3.12. The molecule has 1 saturated carbocycles. The summed E-state index contributed by atoms with van der Waals surface area (Å²) < 4.78 is 16.3. The maximum Gasteiger partial charge on any atom is 0.254 e.